The van der Waals surface area contributed by atoms with E-state index in [1.807, 2.05) is 13.0 Å². The van der Waals surface area contributed by atoms with Crippen LogP contribution in [0.15, 0.2) is 0 Å². The Morgan fingerprint density at radius 3 is 2.46 bits per heavy atom. The number of hydrogen-bond donors (Lipinski definition) is 3. The normalized spacial score (nSPS) is 29.8. The van der Waals surface area contributed by atoms with Crippen molar-refractivity contribution in [3.8, 4) is 6.07 Å². The maximum Gasteiger partial charge on any atom is 0.471 e. The molecule has 7 atom stereocenters. The zero-order valence-electron chi connectivity index (χ0n) is 20.0. The van der Waals surface area contributed by atoms with Crippen molar-refractivity contribution in [3.05, 3.63) is 0 Å². The van der Waals surface area contributed by atoms with Crippen LogP contribution in [0.25, 0.3) is 0 Å². The van der Waals surface area contributed by atoms with Gasteiger partial charge in [-0.2, -0.15) is 18.4 Å². The fourth-order valence-corrected chi connectivity index (χ4v) is 5.57. The van der Waals surface area contributed by atoms with Crippen molar-refractivity contribution >= 4 is 23.6 Å². The number of likely N-dealkylation sites (tertiary alicyclic amines) is 1. The third-order valence-electron chi connectivity index (χ3n) is 7.50. The van der Waals surface area contributed by atoms with Crippen LogP contribution in [0.2, 0.25) is 0 Å². The lowest BCUT2D eigenvalue weighted by Gasteiger charge is -2.32. The number of nitrogens with one attached hydrogen (secondary N) is 3. The summed E-state index contributed by atoms with van der Waals surface area (Å²) in [5.74, 6) is -4.93. The molecule has 2 aliphatic heterocycles. The Morgan fingerprint density at radius 1 is 1.23 bits per heavy atom. The van der Waals surface area contributed by atoms with Gasteiger partial charge < -0.3 is 20.9 Å². The Balaban J connectivity index is 1.78. The Morgan fingerprint density at radius 2 is 1.91 bits per heavy atom. The number of nitrogens with zero attached hydrogens (tertiary/aromatic N) is 2. The first-order chi connectivity index (χ1) is 16.3. The molecule has 3 rings (SSSR count). The summed E-state index contributed by atoms with van der Waals surface area (Å²) in [5.41, 5.74) is 0. The number of hydrogen-bond acceptors (Lipinski definition) is 5. The van der Waals surface area contributed by atoms with Gasteiger partial charge in [-0.15, -0.1) is 0 Å². The molecule has 194 valence electrons. The van der Waals surface area contributed by atoms with Gasteiger partial charge in [0.1, 0.15) is 18.1 Å². The summed E-state index contributed by atoms with van der Waals surface area (Å²) in [6.07, 6.45) is -2.70. The van der Waals surface area contributed by atoms with E-state index in [1.54, 1.807) is 5.32 Å². The van der Waals surface area contributed by atoms with Gasteiger partial charge >= 0.3 is 12.1 Å². The van der Waals surface area contributed by atoms with Gasteiger partial charge in [-0.05, 0) is 42.9 Å². The molecule has 4 amide bonds. The van der Waals surface area contributed by atoms with E-state index in [2.05, 4.69) is 10.6 Å². The number of carbonyl (C=O) groups excluding carboxylic acids is 4. The standard InChI is InChI=1S/C23H32F3N5O4/c1-11(2)17(30-22(35)23(24,25)26)21(34)31-10-13-5-4-6-15(13)18(31)20(33)29-14(8-27)7-16-12(3)9-28-19(16)32/h11-18H,4-7,9-10H2,1-3H3,(H,28,32)(H,29,33)(H,30,35)/t12-,13-,14-,15-,16+,17-,18-/m0/s1. The molecule has 0 radical (unpaired) electrons. The minimum atomic E-state index is -5.14. The van der Waals surface area contributed by atoms with Gasteiger partial charge in [0.25, 0.3) is 0 Å². The molecule has 2 saturated heterocycles. The molecule has 35 heavy (non-hydrogen) atoms. The Kier molecular flexibility index (Phi) is 7.97. The summed E-state index contributed by atoms with van der Waals surface area (Å²) in [4.78, 5) is 51.6. The van der Waals surface area contributed by atoms with Crippen LogP contribution < -0.4 is 16.0 Å². The van der Waals surface area contributed by atoms with Gasteiger partial charge in [0.05, 0.1) is 6.07 Å². The first-order valence-corrected chi connectivity index (χ1v) is 12.0. The van der Waals surface area contributed by atoms with Crippen LogP contribution in [-0.4, -0.2) is 65.9 Å². The fourth-order valence-electron chi connectivity index (χ4n) is 5.57. The molecular weight excluding hydrogens is 467 g/mol. The lowest BCUT2D eigenvalue weighted by atomic mass is 9.90. The van der Waals surface area contributed by atoms with E-state index in [4.69, 9.17) is 0 Å². The van der Waals surface area contributed by atoms with Gasteiger partial charge in [0.15, 0.2) is 0 Å². The largest absolute Gasteiger partial charge is 0.471 e. The first-order valence-electron chi connectivity index (χ1n) is 12.0. The molecule has 1 aliphatic carbocycles. The van der Waals surface area contributed by atoms with Crippen LogP contribution >= 0.6 is 0 Å². The molecule has 2 heterocycles. The van der Waals surface area contributed by atoms with Gasteiger partial charge in [-0.3, -0.25) is 19.2 Å². The van der Waals surface area contributed by atoms with Crippen LogP contribution in [-0.2, 0) is 19.2 Å². The fraction of sp³-hybridized carbons (Fsp3) is 0.783. The Labute approximate surface area is 202 Å². The summed E-state index contributed by atoms with van der Waals surface area (Å²) in [5, 5.41) is 16.8. The molecule has 3 N–H and O–H groups in total. The van der Waals surface area contributed by atoms with Gasteiger partial charge in [-0.25, -0.2) is 0 Å². The van der Waals surface area contributed by atoms with E-state index in [0.29, 0.717) is 13.0 Å². The van der Waals surface area contributed by atoms with Gasteiger partial charge in [0.2, 0.25) is 17.7 Å². The molecule has 1 saturated carbocycles. The minimum absolute atomic E-state index is 0.00284. The topological polar surface area (TPSA) is 131 Å². The third kappa shape index (κ3) is 5.70. The molecule has 0 unspecified atom stereocenters. The monoisotopic (exact) mass is 499 g/mol. The predicted octanol–water partition coefficient (Wildman–Crippen LogP) is 1.10. The zero-order chi connectivity index (χ0) is 26.1. The highest BCUT2D eigenvalue weighted by atomic mass is 19.4. The maximum absolute atomic E-state index is 13.4. The lowest BCUT2D eigenvalue weighted by Crippen LogP contribution is -2.58. The van der Waals surface area contributed by atoms with Crippen molar-refractivity contribution in [2.24, 2.45) is 29.6 Å². The van der Waals surface area contributed by atoms with Crippen LogP contribution in [0, 0.1) is 40.9 Å². The predicted molar refractivity (Wildman–Crippen MR) is 117 cm³/mol. The second-order valence-electron chi connectivity index (χ2n) is 10.2. The van der Waals surface area contributed by atoms with Crippen LogP contribution in [0.5, 0.6) is 0 Å². The molecule has 3 aliphatic rings. The van der Waals surface area contributed by atoms with Crippen molar-refractivity contribution < 1.29 is 32.3 Å². The van der Waals surface area contributed by atoms with E-state index in [0.717, 1.165) is 12.8 Å². The molecule has 3 fully saturated rings. The summed E-state index contributed by atoms with van der Waals surface area (Å²) in [7, 11) is 0. The van der Waals surface area contributed by atoms with Gasteiger partial charge in [0, 0.05) is 19.0 Å². The molecular formula is C23H32F3N5O4. The Bertz CT molecular complexity index is 903. The Hall–Kier alpha value is -2.84. The van der Waals surface area contributed by atoms with Crippen molar-refractivity contribution in [1.82, 2.24) is 20.9 Å². The maximum atomic E-state index is 13.4. The number of amides is 4. The van der Waals surface area contributed by atoms with Crippen molar-refractivity contribution in [2.75, 3.05) is 13.1 Å². The molecule has 0 bridgehead atoms. The molecule has 0 aromatic heterocycles. The zero-order valence-corrected chi connectivity index (χ0v) is 20.0. The highest BCUT2D eigenvalue weighted by Crippen LogP contribution is 2.42. The number of rotatable bonds is 7. The van der Waals surface area contributed by atoms with Crippen molar-refractivity contribution in [3.63, 3.8) is 0 Å². The van der Waals surface area contributed by atoms with E-state index in [9.17, 15) is 37.6 Å². The molecule has 0 aromatic carbocycles. The summed E-state index contributed by atoms with van der Waals surface area (Å²) < 4.78 is 38.6. The lowest BCUT2D eigenvalue weighted by molar-refractivity contribution is -0.175. The van der Waals surface area contributed by atoms with Crippen LogP contribution in [0.1, 0.15) is 46.5 Å². The summed E-state index contributed by atoms with van der Waals surface area (Å²) in [6, 6.07) is -1.35. The minimum Gasteiger partial charge on any atom is -0.356 e. The third-order valence-corrected chi connectivity index (χ3v) is 7.50. The first kappa shape index (κ1) is 26.8. The average molecular weight is 500 g/mol. The van der Waals surface area contributed by atoms with Gasteiger partial charge in [-0.1, -0.05) is 27.2 Å². The number of fused-ring (bicyclic) bond motifs is 1. The number of halogens is 3. The van der Waals surface area contributed by atoms with E-state index in [1.165, 1.54) is 18.7 Å². The molecule has 9 nitrogen and oxygen atoms in total. The van der Waals surface area contributed by atoms with Crippen LogP contribution in [0.3, 0.4) is 0 Å². The number of nitriles is 1. The van der Waals surface area contributed by atoms with E-state index >= 15 is 0 Å². The highest BCUT2D eigenvalue weighted by molar-refractivity contribution is 5.94. The molecule has 12 heteroatoms. The van der Waals surface area contributed by atoms with E-state index in [-0.39, 0.29) is 36.6 Å². The summed E-state index contributed by atoms with van der Waals surface area (Å²) >= 11 is 0. The number of alkyl halides is 3. The molecule has 0 spiro atoms. The van der Waals surface area contributed by atoms with Crippen molar-refractivity contribution in [2.45, 2.75) is 70.8 Å². The van der Waals surface area contributed by atoms with Crippen molar-refractivity contribution in [1.29, 1.82) is 5.26 Å². The van der Waals surface area contributed by atoms with Crippen LogP contribution in [0.4, 0.5) is 13.2 Å². The smallest absolute Gasteiger partial charge is 0.356 e. The van der Waals surface area contributed by atoms with E-state index < -0.39 is 53.9 Å². The average Bonchev–Trinajstić information content (AvgIpc) is 3.45. The second kappa shape index (κ2) is 10.4. The second-order valence-corrected chi connectivity index (χ2v) is 10.2. The summed E-state index contributed by atoms with van der Waals surface area (Å²) in [6.45, 7) is 5.60. The molecule has 0 aromatic rings. The quantitative estimate of drug-likeness (QED) is 0.483. The SMILES string of the molecule is CC(C)[C@H](NC(=O)C(F)(F)F)C(=O)N1C[C@@H]2CCC[C@@H]2[C@H]1C(=O)N[C@H](C#N)C[C@H]1C(=O)NC[C@@H]1C. The highest BCUT2D eigenvalue weighted by Gasteiger charge is 2.52. The number of carbonyl (C=O) groups is 4.